The average Bonchev–Trinajstić information content (AvgIpc) is 2.84. The first-order valence-corrected chi connectivity index (χ1v) is 8.20. The van der Waals surface area contributed by atoms with Gasteiger partial charge in [-0.15, -0.1) is 11.3 Å². The lowest BCUT2D eigenvalue weighted by Crippen LogP contribution is -2.25. The van der Waals surface area contributed by atoms with Gasteiger partial charge >= 0.3 is 0 Å². The van der Waals surface area contributed by atoms with Crippen LogP contribution in [0.25, 0.3) is 0 Å². The monoisotopic (exact) mass is 288 g/mol. The van der Waals surface area contributed by atoms with E-state index in [0.717, 1.165) is 24.4 Å². The van der Waals surface area contributed by atoms with Crippen molar-refractivity contribution in [2.75, 3.05) is 6.54 Å². The summed E-state index contributed by atoms with van der Waals surface area (Å²) in [4.78, 5) is 4.68. The van der Waals surface area contributed by atoms with Crippen molar-refractivity contribution in [3.63, 3.8) is 0 Å². The molecule has 1 N–H and O–H groups in total. The molecule has 3 heteroatoms. The minimum absolute atomic E-state index is 0.319. The Morgan fingerprint density at radius 3 is 2.45 bits per heavy atom. The van der Waals surface area contributed by atoms with Gasteiger partial charge in [0.25, 0.3) is 0 Å². The molecule has 0 amide bonds. The standard InChI is InChI=1S/C17H24N2S/c1-5-9-18-16(17-11-20-14(4)19-17)10-15-12(2)7-6-8-13(15)3/h6-8,11,16,18H,5,9-10H2,1-4H3. The quantitative estimate of drug-likeness (QED) is 0.854. The van der Waals surface area contributed by atoms with Gasteiger partial charge in [0.05, 0.1) is 16.7 Å². The summed E-state index contributed by atoms with van der Waals surface area (Å²) in [7, 11) is 0. The second-order valence-corrected chi connectivity index (χ2v) is 6.43. The highest BCUT2D eigenvalue weighted by molar-refractivity contribution is 7.09. The fraction of sp³-hybridized carbons (Fsp3) is 0.471. The lowest BCUT2D eigenvalue weighted by atomic mass is 9.95. The summed E-state index contributed by atoms with van der Waals surface area (Å²) >= 11 is 1.73. The summed E-state index contributed by atoms with van der Waals surface area (Å²) in [5, 5.41) is 6.98. The SMILES string of the molecule is CCCNC(Cc1c(C)cccc1C)c1csc(C)n1. The molecule has 2 rings (SSSR count). The van der Waals surface area contributed by atoms with Crippen LogP contribution in [0.1, 0.15) is 46.8 Å². The highest BCUT2D eigenvalue weighted by atomic mass is 32.1. The van der Waals surface area contributed by atoms with E-state index in [1.54, 1.807) is 11.3 Å². The molecule has 2 nitrogen and oxygen atoms in total. The van der Waals surface area contributed by atoms with Gasteiger partial charge in [0, 0.05) is 5.38 Å². The van der Waals surface area contributed by atoms with Gasteiger partial charge in [0.15, 0.2) is 0 Å². The Balaban J connectivity index is 2.23. The van der Waals surface area contributed by atoms with Crippen molar-refractivity contribution in [2.45, 2.75) is 46.6 Å². The maximum Gasteiger partial charge on any atom is 0.0898 e. The molecule has 1 unspecified atom stereocenters. The van der Waals surface area contributed by atoms with Gasteiger partial charge in [-0.2, -0.15) is 0 Å². The number of nitrogens with one attached hydrogen (secondary N) is 1. The molecule has 0 saturated carbocycles. The number of rotatable bonds is 6. The summed E-state index contributed by atoms with van der Waals surface area (Å²) in [6.45, 7) is 9.71. The molecule has 0 radical (unpaired) electrons. The zero-order valence-corrected chi connectivity index (χ0v) is 13.7. The van der Waals surface area contributed by atoms with Gasteiger partial charge < -0.3 is 5.32 Å². The van der Waals surface area contributed by atoms with E-state index < -0.39 is 0 Å². The van der Waals surface area contributed by atoms with E-state index in [1.807, 2.05) is 0 Å². The number of thiazole rings is 1. The number of nitrogens with zero attached hydrogens (tertiary/aromatic N) is 1. The van der Waals surface area contributed by atoms with Crippen LogP contribution in [0.2, 0.25) is 0 Å². The molecule has 0 bridgehead atoms. The Hall–Kier alpha value is -1.19. The maximum atomic E-state index is 4.68. The number of aryl methyl sites for hydroxylation is 3. The van der Waals surface area contributed by atoms with Crippen molar-refractivity contribution < 1.29 is 0 Å². The molecule has 0 aliphatic rings. The topological polar surface area (TPSA) is 24.9 Å². The Morgan fingerprint density at radius 2 is 1.90 bits per heavy atom. The van der Waals surface area contributed by atoms with Crippen molar-refractivity contribution in [3.8, 4) is 0 Å². The molecule has 0 fully saturated rings. The molecule has 0 saturated heterocycles. The molecule has 1 aromatic carbocycles. The molecular formula is C17H24N2S. The number of hydrogen-bond donors (Lipinski definition) is 1. The summed E-state index contributed by atoms with van der Waals surface area (Å²) in [6, 6.07) is 6.85. The Kier molecular flexibility index (Phi) is 5.32. The third-order valence-electron chi connectivity index (χ3n) is 3.69. The second kappa shape index (κ2) is 7.00. The predicted octanol–water partition coefficient (Wildman–Crippen LogP) is 4.35. The van der Waals surface area contributed by atoms with Crippen LogP contribution in [0, 0.1) is 20.8 Å². The molecule has 1 atom stereocenters. The van der Waals surface area contributed by atoms with Crippen LogP contribution in [-0.4, -0.2) is 11.5 Å². The maximum absolute atomic E-state index is 4.68. The molecule has 0 aliphatic carbocycles. The fourth-order valence-electron chi connectivity index (χ4n) is 2.52. The van der Waals surface area contributed by atoms with Gasteiger partial charge in [0.2, 0.25) is 0 Å². The van der Waals surface area contributed by atoms with Crippen LogP contribution >= 0.6 is 11.3 Å². The van der Waals surface area contributed by atoms with Crippen LogP contribution in [0.15, 0.2) is 23.6 Å². The Morgan fingerprint density at radius 1 is 1.20 bits per heavy atom. The molecule has 0 spiro atoms. The first-order valence-electron chi connectivity index (χ1n) is 7.32. The smallest absolute Gasteiger partial charge is 0.0898 e. The number of hydrogen-bond acceptors (Lipinski definition) is 3. The van der Waals surface area contributed by atoms with Crippen molar-refractivity contribution in [1.82, 2.24) is 10.3 Å². The second-order valence-electron chi connectivity index (χ2n) is 5.37. The summed E-state index contributed by atoms with van der Waals surface area (Å²) in [5.74, 6) is 0. The highest BCUT2D eigenvalue weighted by Crippen LogP contribution is 2.24. The summed E-state index contributed by atoms with van der Waals surface area (Å²) < 4.78 is 0. The molecule has 20 heavy (non-hydrogen) atoms. The molecule has 108 valence electrons. The third-order valence-corrected chi connectivity index (χ3v) is 4.48. The van der Waals surface area contributed by atoms with Crippen LogP contribution in [0.4, 0.5) is 0 Å². The first kappa shape index (κ1) is 15.2. The van der Waals surface area contributed by atoms with Gasteiger partial charge in [-0.05, 0) is 56.8 Å². The molecular weight excluding hydrogens is 264 g/mol. The van der Waals surface area contributed by atoms with Crippen LogP contribution in [-0.2, 0) is 6.42 Å². The first-order chi connectivity index (χ1) is 9.61. The summed E-state index contributed by atoms with van der Waals surface area (Å²) in [5.41, 5.74) is 5.39. The van der Waals surface area contributed by atoms with E-state index in [0.29, 0.717) is 6.04 Å². The minimum atomic E-state index is 0.319. The van der Waals surface area contributed by atoms with Gasteiger partial charge in [-0.1, -0.05) is 25.1 Å². The van der Waals surface area contributed by atoms with Gasteiger partial charge in [0.1, 0.15) is 0 Å². The van der Waals surface area contributed by atoms with E-state index in [4.69, 9.17) is 0 Å². The van der Waals surface area contributed by atoms with E-state index in [9.17, 15) is 0 Å². The Labute approximate surface area is 126 Å². The van der Waals surface area contributed by atoms with Crippen LogP contribution in [0.5, 0.6) is 0 Å². The molecule has 1 aromatic heterocycles. The highest BCUT2D eigenvalue weighted by Gasteiger charge is 2.16. The lowest BCUT2D eigenvalue weighted by molar-refractivity contribution is 0.518. The lowest BCUT2D eigenvalue weighted by Gasteiger charge is -2.19. The fourth-order valence-corrected chi connectivity index (χ4v) is 3.18. The summed E-state index contributed by atoms with van der Waals surface area (Å²) in [6.07, 6.45) is 2.16. The van der Waals surface area contributed by atoms with Crippen LogP contribution < -0.4 is 5.32 Å². The zero-order chi connectivity index (χ0) is 14.5. The van der Waals surface area contributed by atoms with Crippen molar-refractivity contribution in [1.29, 1.82) is 0 Å². The number of benzene rings is 1. The minimum Gasteiger partial charge on any atom is -0.308 e. The molecule has 0 aliphatic heterocycles. The Bertz CT molecular complexity index is 540. The van der Waals surface area contributed by atoms with Crippen molar-refractivity contribution in [3.05, 3.63) is 51.0 Å². The zero-order valence-electron chi connectivity index (χ0n) is 12.9. The predicted molar refractivity (Wildman–Crippen MR) is 87.5 cm³/mol. The van der Waals surface area contributed by atoms with E-state index in [1.165, 1.54) is 22.4 Å². The molecule has 1 heterocycles. The normalized spacial score (nSPS) is 12.6. The molecule has 2 aromatic rings. The van der Waals surface area contributed by atoms with Crippen LogP contribution in [0.3, 0.4) is 0 Å². The third kappa shape index (κ3) is 3.68. The number of aromatic nitrogens is 1. The van der Waals surface area contributed by atoms with Crippen molar-refractivity contribution >= 4 is 11.3 Å². The van der Waals surface area contributed by atoms with Crippen molar-refractivity contribution in [2.24, 2.45) is 0 Å². The van der Waals surface area contributed by atoms with Gasteiger partial charge in [-0.25, -0.2) is 4.98 Å². The van der Waals surface area contributed by atoms with E-state index in [-0.39, 0.29) is 0 Å². The van der Waals surface area contributed by atoms with E-state index >= 15 is 0 Å². The van der Waals surface area contributed by atoms with E-state index in [2.05, 4.69) is 61.6 Å². The average molecular weight is 288 g/mol. The van der Waals surface area contributed by atoms with Gasteiger partial charge in [-0.3, -0.25) is 0 Å². The largest absolute Gasteiger partial charge is 0.308 e.